The van der Waals surface area contributed by atoms with Crippen LogP contribution in [0.2, 0.25) is 0 Å². The summed E-state index contributed by atoms with van der Waals surface area (Å²) in [6, 6.07) is 6.72. The maximum absolute atomic E-state index is 12.1. The molecular formula is C15H15N3O3S. The van der Waals surface area contributed by atoms with E-state index in [1.165, 1.54) is 10.8 Å². The summed E-state index contributed by atoms with van der Waals surface area (Å²) in [6.45, 7) is 1.61. The van der Waals surface area contributed by atoms with Gasteiger partial charge in [-0.05, 0) is 12.1 Å². The Bertz CT molecular complexity index is 1020. The molecule has 0 aliphatic heterocycles. The van der Waals surface area contributed by atoms with E-state index < -0.39 is 9.84 Å². The molecule has 0 fully saturated rings. The van der Waals surface area contributed by atoms with Crippen LogP contribution in [0.1, 0.15) is 6.92 Å². The number of imidazole rings is 1. The zero-order valence-electron chi connectivity index (χ0n) is 12.2. The summed E-state index contributed by atoms with van der Waals surface area (Å²) >= 11 is 0. The maximum Gasteiger partial charge on any atom is 0.276 e. The number of rotatable bonds is 3. The Balaban J connectivity index is 2.29. The molecule has 1 aromatic carbocycles. The van der Waals surface area contributed by atoms with Crippen LogP contribution in [0.5, 0.6) is 0 Å². The first-order valence-electron chi connectivity index (χ1n) is 6.79. The number of aromatic nitrogens is 3. The molecule has 6 nitrogen and oxygen atoms in total. The van der Waals surface area contributed by atoms with Crippen LogP contribution in [0.25, 0.3) is 16.8 Å². The van der Waals surface area contributed by atoms with E-state index in [4.69, 9.17) is 0 Å². The van der Waals surface area contributed by atoms with Crippen LogP contribution < -0.4 is 5.56 Å². The lowest BCUT2D eigenvalue weighted by Gasteiger charge is -2.10. The summed E-state index contributed by atoms with van der Waals surface area (Å²) in [5.41, 5.74) is 1.72. The van der Waals surface area contributed by atoms with Gasteiger partial charge < -0.3 is 4.57 Å². The van der Waals surface area contributed by atoms with Gasteiger partial charge in [0.25, 0.3) is 5.56 Å². The standard InChI is InChI=1S/C15H15N3O3S/c1-3-22(20,21)12-6-4-5-11(7-12)14-9-17(2)15(19)13-8-16-10-18(13)14/h4-10H,3H2,1-2H3. The summed E-state index contributed by atoms with van der Waals surface area (Å²) < 4.78 is 27.2. The minimum absolute atomic E-state index is 0.0458. The first-order chi connectivity index (χ1) is 10.4. The van der Waals surface area contributed by atoms with Gasteiger partial charge >= 0.3 is 0 Å². The Labute approximate surface area is 127 Å². The van der Waals surface area contributed by atoms with Crippen LogP contribution in [-0.2, 0) is 16.9 Å². The second kappa shape index (κ2) is 5.10. The Kier molecular flexibility index (Phi) is 3.37. The van der Waals surface area contributed by atoms with Crippen molar-refractivity contribution in [2.75, 3.05) is 5.75 Å². The summed E-state index contributed by atoms with van der Waals surface area (Å²) in [6.07, 6.45) is 4.72. The topological polar surface area (TPSA) is 73.4 Å². The normalized spacial score (nSPS) is 11.9. The van der Waals surface area contributed by atoms with Crippen molar-refractivity contribution in [1.29, 1.82) is 0 Å². The van der Waals surface area contributed by atoms with E-state index in [0.29, 0.717) is 16.8 Å². The number of fused-ring (bicyclic) bond motifs is 1. The largest absolute Gasteiger partial charge is 0.315 e. The molecule has 2 heterocycles. The maximum atomic E-state index is 12.1. The molecule has 0 saturated carbocycles. The fraction of sp³-hybridized carbons (Fsp3) is 0.200. The second-order valence-corrected chi connectivity index (χ2v) is 7.29. The quantitative estimate of drug-likeness (QED) is 0.733. The van der Waals surface area contributed by atoms with Crippen molar-refractivity contribution in [1.82, 2.24) is 14.0 Å². The molecule has 0 N–H and O–H groups in total. The van der Waals surface area contributed by atoms with Gasteiger partial charge in [0, 0.05) is 18.8 Å². The summed E-state index contributed by atoms with van der Waals surface area (Å²) in [7, 11) is -1.62. The highest BCUT2D eigenvalue weighted by molar-refractivity contribution is 7.91. The molecule has 2 aromatic heterocycles. The average molecular weight is 317 g/mol. The number of aryl methyl sites for hydroxylation is 1. The third-order valence-corrected chi connectivity index (χ3v) is 5.35. The fourth-order valence-corrected chi connectivity index (χ4v) is 3.29. The molecule has 3 aromatic rings. The minimum Gasteiger partial charge on any atom is -0.315 e. The monoisotopic (exact) mass is 317 g/mol. The number of sulfone groups is 1. The number of hydrogen-bond donors (Lipinski definition) is 0. The van der Waals surface area contributed by atoms with Crippen LogP contribution in [0.3, 0.4) is 0 Å². The molecule has 0 bridgehead atoms. The summed E-state index contributed by atoms with van der Waals surface area (Å²) in [5.74, 6) is 0.0458. The third kappa shape index (κ3) is 2.23. The molecule has 0 amide bonds. The summed E-state index contributed by atoms with van der Waals surface area (Å²) in [4.78, 5) is 16.3. The zero-order valence-corrected chi connectivity index (χ0v) is 13.0. The van der Waals surface area contributed by atoms with Crippen molar-refractivity contribution in [3.8, 4) is 11.3 Å². The van der Waals surface area contributed by atoms with Gasteiger partial charge in [-0.15, -0.1) is 0 Å². The second-order valence-electron chi connectivity index (χ2n) is 5.01. The predicted octanol–water partition coefficient (Wildman–Crippen LogP) is 1.49. The van der Waals surface area contributed by atoms with Gasteiger partial charge in [0.1, 0.15) is 5.52 Å². The van der Waals surface area contributed by atoms with Gasteiger partial charge in [-0.1, -0.05) is 19.1 Å². The molecule has 0 saturated heterocycles. The highest BCUT2D eigenvalue weighted by Gasteiger charge is 2.14. The number of hydrogen-bond acceptors (Lipinski definition) is 4. The van der Waals surface area contributed by atoms with Gasteiger partial charge in [0.15, 0.2) is 9.84 Å². The SMILES string of the molecule is CCS(=O)(=O)c1cccc(-c2cn(C)c(=O)c3cncn23)c1. The van der Waals surface area contributed by atoms with Crippen LogP contribution >= 0.6 is 0 Å². The van der Waals surface area contributed by atoms with E-state index in [9.17, 15) is 13.2 Å². The average Bonchev–Trinajstić information content (AvgIpc) is 3.01. The molecule has 0 unspecified atom stereocenters. The van der Waals surface area contributed by atoms with Crippen molar-refractivity contribution >= 4 is 15.4 Å². The van der Waals surface area contributed by atoms with E-state index in [1.54, 1.807) is 49.1 Å². The molecule has 114 valence electrons. The summed E-state index contributed by atoms with van der Waals surface area (Å²) in [5, 5.41) is 0. The van der Waals surface area contributed by atoms with Gasteiger partial charge in [-0.2, -0.15) is 0 Å². The highest BCUT2D eigenvalue weighted by atomic mass is 32.2. The minimum atomic E-state index is -3.28. The van der Waals surface area contributed by atoms with Gasteiger partial charge in [0.05, 0.1) is 28.9 Å². The van der Waals surface area contributed by atoms with E-state index in [0.717, 1.165) is 0 Å². The first kappa shape index (κ1) is 14.5. The number of benzene rings is 1. The Morgan fingerprint density at radius 2 is 2.05 bits per heavy atom. The van der Waals surface area contributed by atoms with Crippen molar-refractivity contribution in [3.63, 3.8) is 0 Å². The van der Waals surface area contributed by atoms with Crippen molar-refractivity contribution in [3.05, 3.63) is 53.3 Å². The Morgan fingerprint density at radius 1 is 1.27 bits per heavy atom. The smallest absolute Gasteiger partial charge is 0.276 e. The lowest BCUT2D eigenvalue weighted by molar-refractivity contribution is 0.597. The fourth-order valence-electron chi connectivity index (χ4n) is 2.36. The van der Waals surface area contributed by atoms with Crippen molar-refractivity contribution in [2.24, 2.45) is 7.05 Å². The lowest BCUT2D eigenvalue weighted by Crippen LogP contribution is -2.19. The zero-order chi connectivity index (χ0) is 15.9. The Hall–Kier alpha value is -2.41. The lowest BCUT2D eigenvalue weighted by atomic mass is 10.1. The van der Waals surface area contributed by atoms with Gasteiger partial charge in [-0.25, -0.2) is 13.4 Å². The molecule has 0 aliphatic carbocycles. The molecular weight excluding hydrogens is 302 g/mol. The van der Waals surface area contributed by atoms with Gasteiger partial charge in [-0.3, -0.25) is 9.20 Å². The van der Waals surface area contributed by atoms with Crippen LogP contribution in [0.4, 0.5) is 0 Å². The van der Waals surface area contributed by atoms with E-state index >= 15 is 0 Å². The molecule has 0 spiro atoms. The molecule has 22 heavy (non-hydrogen) atoms. The van der Waals surface area contributed by atoms with E-state index in [2.05, 4.69) is 4.98 Å². The highest BCUT2D eigenvalue weighted by Crippen LogP contribution is 2.23. The predicted molar refractivity (Wildman–Crippen MR) is 83.6 cm³/mol. The van der Waals surface area contributed by atoms with E-state index in [1.807, 2.05) is 6.07 Å². The molecule has 7 heteroatoms. The van der Waals surface area contributed by atoms with Crippen LogP contribution in [-0.4, -0.2) is 28.1 Å². The first-order valence-corrected chi connectivity index (χ1v) is 8.44. The van der Waals surface area contributed by atoms with Crippen molar-refractivity contribution < 1.29 is 8.42 Å². The molecule has 0 aliphatic rings. The molecule has 0 radical (unpaired) electrons. The van der Waals surface area contributed by atoms with E-state index in [-0.39, 0.29) is 16.2 Å². The van der Waals surface area contributed by atoms with Crippen LogP contribution in [0.15, 0.2) is 52.7 Å². The Morgan fingerprint density at radius 3 is 2.77 bits per heavy atom. The van der Waals surface area contributed by atoms with Crippen molar-refractivity contribution in [2.45, 2.75) is 11.8 Å². The molecule has 3 rings (SSSR count). The molecule has 0 atom stereocenters. The van der Waals surface area contributed by atoms with Crippen LogP contribution in [0, 0.1) is 0 Å². The van der Waals surface area contributed by atoms with Gasteiger partial charge in [0.2, 0.25) is 0 Å². The third-order valence-electron chi connectivity index (χ3n) is 3.62. The number of nitrogens with zero attached hydrogens (tertiary/aromatic N) is 3.